The molecular weight excluding hydrogens is 244 g/mol. The molecule has 0 aliphatic heterocycles. The Morgan fingerprint density at radius 2 is 1.74 bits per heavy atom. The Kier molecular flexibility index (Phi) is 4.39. The molecule has 1 aromatic rings. The van der Waals surface area contributed by atoms with Crippen LogP contribution in [0.2, 0.25) is 0 Å². The lowest BCUT2D eigenvalue weighted by atomic mass is 10.0. The minimum Gasteiger partial charge on any atom is -0.477 e. The number of H-pyrrole nitrogens is 1. The van der Waals surface area contributed by atoms with Gasteiger partial charge in [-0.05, 0) is 32.3 Å². The Labute approximate surface area is 113 Å². The number of aromatic amines is 1. The molecule has 5 heteroatoms. The molecule has 0 aliphatic rings. The summed E-state index contributed by atoms with van der Waals surface area (Å²) in [5.41, 5.74) is 1.65. The van der Waals surface area contributed by atoms with E-state index in [2.05, 4.69) is 4.98 Å². The molecule has 0 radical (unpaired) electrons. The lowest BCUT2D eigenvalue weighted by Crippen LogP contribution is -2.38. The third-order valence-electron chi connectivity index (χ3n) is 3.76. The van der Waals surface area contributed by atoms with Gasteiger partial charge >= 0.3 is 5.97 Å². The molecule has 0 saturated carbocycles. The second kappa shape index (κ2) is 5.47. The van der Waals surface area contributed by atoms with E-state index in [4.69, 9.17) is 5.11 Å². The van der Waals surface area contributed by atoms with E-state index >= 15 is 0 Å². The van der Waals surface area contributed by atoms with Gasteiger partial charge in [0.25, 0.3) is 5.91 Å². The summed E-state index contributed by atoms with van der Waals surface area (Å²) in [6.07, 6.45) is 0. The van der Waals surface area contributed by atoms with E-state index in [9.17, 15) is 9.59 Å². The van der Waals surface area contributed by atoms with E-state index in [1.54, 1.807) is 25.8 Å². The van der Waals surface area contributed by atoms with E-state index in [-0.39, 0.29) is 17.6 Å². The highest BCUT2D eigenvalue weighted by molar-refractivity contribution is 6.00. The maximum Gasteiger partial charge on any atom is 0.352 e. The van der Waals surface area contributed by atoms with Crippen LogP contribution in [-0.4, -0.2) is 40.0 Å². The fourth-order valence-electron chi connectivity index (χ4n) is 2.09. The predicted molar refractivity (Wildman–Crippen MR) is 73.6 cm³/mol. The second-order valence-corrected chi connectivity index (χ2v) is 5.33. The molecule has 0 bridgehead atoms. The normalized spacial score (nSPS) is 12.6. The number of aryl methyl sites for hydroxylation is 1. The zero-order valence-corrected chi connectivity index (χ0v) is 12.4. The Morgan fingerprint density at radius 1 is 1.21 bits per heavy atom. The van der Waals surface area contributed by atoms with Crippen molar-refractivity contribution in [2.24, 2.45) is 5.92 Å². The van der Waals surface area contributed by atoms with Gasteiger partial charge in [0.2, 0.25) is 0 Å². The fourth-order valence-corrected chi connectivity index (χ4v) is 2.09. The molecule has 106 valence electrons. The van der Waals surface area contributed by atoms with Gasteiger partial charge in [-0.2, -0.15) is 0 Å². The number of carboxylic acid groups (broad SMARTS) is 1. The number of amides is 1. The fraction of sp³-hybridized carbons (Fsp3) is 0.571. The second-order valence-electron chi connectivity index (χ2n) is 5.33. The summed E-state index contributed by atoms with van der Waals surface area (Å²) in [5, 5.41) is 9.07. The number of hydrogen-bond donors (Lipinski definition) is 2. The topological polar surface area (TPSA) is 73.4 Å². The number of carbonyl (C=O) groups is 2. The maximum atomic E-state index is 12.5. The van der Waals surface area contributed by atoms with Crippen LogP contribution in [0.3, 0.4) is 0 Å². The number of aromatic carboxylic acids is 1. The van der Waals surface area contributed by atoms with Crippen molar-refractivity contribution >= 4 is 11.9 Å². The van der Waals surface area contributed by atoms with Crippen LogP contribution in [0.4, 0.5) is 0 Å². The molecule has 2 N–H and O–H groups in total. The van der Waals surface area contributed by atoms with Gasteiger partial charge in [-0.3, -0.25) is 4.79 Å². The Hall–Kier alpha value is -1.78. The largest absolute Gasteiger partial charge is 0.477 e. The van der Waals surface area contributed by atoms with Gasteiger partial charge in [0, 0.05) is 18.8 Å². The van der Waals surface area contributed by atoms with Crippen LogP contribution in [0.15, 0.2) is 0 Å². The molecule has 0 aliphatic carbocycles. The van der Waals surface area contributed by atoms with Gasteiger partial charge in [0.15, 0.2) is 0 Å². The van der Waals surface area contributed by atoms with Gasteiger partial charge in [0.1, 0.15) is 5.69 Å². The van der Waals surface area contributed by atoms with Crippen LogP contribution in [0.1, 0.15) is 52.9 Å². The van der Waals surface area contributed by atoms with Crippen molar-refractivity contribution in [1.82, 2.24) is 9.88 Å². The van der Waals surface area contributed by atoms with Crippen molar-refractivity contribution in [1.29, 1.82) is 0 Å². The molecule has 1 amide bonds. The summed E-state index contributed by atoms with van der Waals surface area (Å²) in [5.74, 6) is -0.841. The zero-order valence-electron chi connectivity index (χ0n) is 12.4. The quantitative estimate of drug-likeness (QED) is 0.879. The molecule has 0 aromatic carbocycles. The number of carbonyl (C=O) groups excluding carboxylic acids is 1. The average Bonchev–Trinajstić information content (AvgIpc) is 2.62. The van der Waals surface area contributed by atoms with Crippen molar-refractivity contribution < 1.29 is 14.7 Å². The molecule has 1 aromatic heterocycles. The molecule has 1 heterocycles. The summed E-state index contributed by atoms with van der Waals surface area (Å²) in [6.45, 7) is 9.47. The number of aromatic nitrogens is 1. The van der Waals surface area contributed by atoms with Crippen LogP contribution in [0.5, 0.6) is 0 Å². The summed E-state index contributed by atoms with van der Waals surface area (Å²) >= 11 is 0. The van der Waals surface area contributed by atoms with Crippen LogP contribution in [0, 0.1) is 19.8 Å². The first-order valence-electron chi connectivity index (χ1n) is 6.38. The molecule has 19 heavy (non-hydrogen) atoms. The molecule has 0 saturated heterocycles. The first-order chi connectivity index (χ1) is 8.68. The molecule has 0 spiro atoms. The summed E-state index contributed by atoms with van der Waals surface area (Å²) < 4.78 is 0. The monoisotopic (exact) mass is 266 g/mol. The van der Waals surface area contributed by atoms with Gasteiger partial charge in [-0.15, -0.1) is 0 Å². The highest BCUT2D eigenvalue weighted by atomic mass is 16.4. The number of carboxylic acids is 1. The van der Waals surface area contributed by atoms with Crippen LogP contribution in [-0.2, 0) is 0 Å². The van der Waals surface area contributed by atoms with Crippen molar-refractivity contribution in [3.63, 3.8) is 0 Å². The number of nitrogens with zero attached hydrogens (tertiary/aromatic N) is 1. The summed E-state index contributed by atoms with van der Waals surface area (Å²) in [4.78, 5) is 28.0. The first-order valence-corrected chi connectivity index (χ1v) is 6.38. The van der Waals surface area contributed by atoms with Gasteiger partial charge in [-0.1, -0.05) is 13.8 Å². The number of hydrogen-bond acceptors (Lipinski definition) is 2. The van der Waals surface area contributed by atoms with E-state index in [1.165, 1.54) is 0 Å². The number of nitrogens with one attached hydrogen (secondary N) is 1. The Morgan fingerprint density at radius 3 is 2.11 bits per heavy atom. The maximum absolute atomic E-state index is 12.5. The minimum atomic E-state index is -1.04. The van der Waals surface area contributed by atoms with Crippen molar-refractivity contribution in [3.05, 3.63) is 22.5 Å². The number of rotatable bonds is 4. The smallest absolute Gasteiger partial charge is 0.352 e. The van der Waals surface area contributed by atoms with Gasteiger partial charge < -0.3 is 15.0 Å². The lowest BCUT2D eigenvalue weighted by Gasteiger charge is -2.28. The van der Waals surface area contributed by atoms with Crippen molar-refractivity contribution in [2.75, 3.05) is 7.05 Å². The Balaban J connectivity index is 3.17. The highest BCUT2D eigenvalue weighted by Crippen LogP contribution is 2.21. The van der Waals surface area contributed by atoms with Crippen LogP contribution in [0.25, 0.3) is 0 Å². The van der Waals surface area contributed by atoms with Gasteiger partial charge in [-0.25, -0.2) is 4.79 Å². The zero-order chi connectivity index (χ0) is 14.9. The highest BCUT2D eigenvalue weighted by Gasteiger charge is 2.26. The SMILES string of the molecule is Cc1[nH]c(C(=O)O)c(C)c1C(=O)N(C)C(C)C(C)C. The van der Waals surface area contributed by atoms with Crippen molar-refractivity contribution in [2.45, 2.75) is 40.7 Å². The van der Waals surface area contributed by atoms with E-state index in [1.807, 2.05) is 20.8 Å². The third-order valence-corrected chi connectivity index (χ3v) is 3.76. The summed E-state index contributed by atoms with van der Waals surface area (Å²) in [6, 6.07) is 0.0921. The van der Waals surface area contributed by atoms with E-state index < -0.39 is 5.97 Å². The van der Waals surface area contributed by atoms with Crippen LogP contribution >= 0.6 is 0 Å². The Bertz CT molecular complexity index is 503. The van der Waals surface area contributed by atoms with E-state index in [0.717, 1.165) is 0 Å². The molecule has 1 atom stereocenters. The molecule has 5 nitrogen and oxygen atoms in total. The standard InChI is InChI=1S/C14H22N2O3/c1-7(2)10(5)16(6)13(17)11-8(3)12(14(18)19)15-9(11)4/h7,10,15H,1-6H3,(H,18,19). The lowest BCUT2D eigenvalue weighted by molar-refractivity contribution is 0.0689. The summed E-state index contributed by atoms with van der Waals surface area (Å²) in [7, 11) is 1.75. The minimum absolute atomic E-state index is 0.0893. The van der Waals surface area contributed by atoms with E-state index in [0.29, 0.717) is 22.7 Å². The molecular formula is C14H22N2O3. The van der Waals surface area contributed by atoms with Crippen LogP contribution < -0.4 is 0 Å². The van der Waals surface area contributed by atoms with Gasteiger partial charge in [0.05, 0.1) is 5.56 Å². The van der Waals surface area contributed by atoms with Crippen molar-refractivity contribution in [3.8, 4) is 0 Å². The molecule has 0 fully saturated rings. The average molecular weight is 266 g/mol. The molecule has 1 rings (SSSR count). The first kappa shape index (κ1) is 15.3. The molecule has 1 unspecified atom stereocenters. The third kappa shape index (κ3) is 2.80. The predicted octanol–water partition coefficient (Wildman–Crippen LogP) is 2.45.